The van der Waals surface area contributed by atoms with Gasteiger partial charge >= 0.3 is 0 Å². The van der Waals surface area contributed by atoms with E-state index >= 15 is 0 Å². The average Bonchev–Trinajstić information content (AvgIpc) is 3.55. The number of aromatic nitrogens is 2. The molecule has 0 spiro atoms. The summed E-state index contributed by atoms with van der Waals surface area (Å²) in [5.74, 6) is 0.663. The van der Waals surface area contributed by atoms with Gasteiger partial charge in [0.25, 0.3) is 0 Å². The summed E-state index contributed by atoms with van der Waals surface area (Å²) in [6.45, 7) is 0. The van der Waals surface area contributed by atoms with Crippen LogP contribution in [0, 0.1) is 0 Å². The quantitative estimate of drug-likeness (QED) is 0.197. The molecule has 47 heavy (non-hydrogen) atoms. The number of rotatable bonds is 5. The van der Waals surface area contributed by atoms with E-state index in [9.17, 15) is 0 Å². The van der Waals surface area contributed by atoms with Gasteiger partial charge in [-0.2, -0.15) is 0 Å². The van der Waals surface area contributed by atoms with Crippen LogP contribution < -0.4 is 0 Å². The van der Waals surface area contributed by atoms with Gasteiger partial charge in [-0.3, -0.25) is 0 Å². The van der Waals surface area contributed by atoms with Gasteiger partial charge in [-0.15, -0.1) is 0 Å². The van der Waals surface area contributed by atoms with Crippen molar-refractivity contribution in [2.24, 2.45) is 0 Å². The van der Waals surface area contributed by atoms with Gasteiger partial charge < -0.3 is 4.42 Å². The number of hydrogen-bond acceptors (Lipinski definition) is 3. The molecule has 0 saturated heterocycles. The van der Waals surface area contributed by atoms with E-state index in [0.717, 1.165) is 61.1 Å². The second-order valence-electron chi connectivity index (χ2n) is 11.8. The fraction of sp³-hybridized carbons (Fsp3) is 0. The van der Waals surface area contributed by atoms with E-state index in [2.05, 4.69) is 133 Å². The van der Waals surface area contributed by atoms with E-state index in [-0.39, 0.29) is 0 Å². The molecule has 0 aliphatic carbocycles. The number of nitrogens with zero attached hydrogens (tertiary/aromatic N) is 2. The van der Waals surface area contributed by atoms with E-state index in [0.29, 0.717) is 5.82 Å². The lowest BCUT2D eigenvalue weighted by molar-refractivity contribution is 0.670. The molecule has 2 aromatic heterocycles. The molecule has 3 nitrogen and oxygen atoms in total. The molecule has 2 heterocycles. The van der Waals surface area contributed by atoms with E-state index in [1.165, 1.54) is 21.9 Å². The molecular formula is C44H28N2O. The van der Waals surface area contributed by atoms with Gasteiger partial charge in [-0.25, -0.2) is 9.97 Å². The highest BCUT2D eigenvalue weighted by atomic mass is 16.3. The largest absolute Gasteiger partial charge is 0.455 e. The van der Waals surface area contributed by atoms with Gasteiger partial charge in [0, 0.05) is 33.0 Å². The zero-order valence-electron chi connectivity index (χ0n) is 25.5. The maximum absolute atomic E-state index is 6.56. The summed E-state index contributed by atoms with van der Waals surface area (Å²) in [4.78, 5) is 10.4. The monoisotopic (exact) mass is 600 g/mol. The van der Waals surface area contributed by atoms with Crippen molar-refractivity contribution < 1.29 is 4.42 Å². The van der Waals surface area contributed by atoms with Gasteiger partial charge in [0.1, 0.15) is 11.2 Å². The van der Waals surface area contributed by atoms with Crippen molar-refractivity contribution in [1.29, 1.82) is 0 Å². The number of para-hydroxylation sites is 1. The van der Waals surface area contributed by atoms with Crippen molar-refractivity contribution in [2.75, 3.05) is 0 Å². The Labute approximate surface area is 272 Å². The van der Waals surface area contributed by atoms with Crippen LogP contribution in [0.2, 0.25) is 0 Å². The van der Waals surface area contributed by atoms with Crippen LogP contribution in [0.4, 0.5) is 0 Å². The van der Waals surface area contributed by atoms with Crippen LogP contribution in [0.25, 0.3) is 88.9 Å². The number of furan rings is 1. The zero-order chi connectivity index (χ0) is 31.2. The molecule has 9 aromatic rings. The summed E-state index contributed by atoms with van der Waals surface area (Å²) in [6, 6.07) is 59.1. The summed E-state index contributed by atoms with van der Waals surface area (Å²) in [5.41, 5.74) is 10.9. The second-order valence-corrected chi connectivity index (χ2v) is 11.8. The molecule has 220 valence electrons. The Balaban J connectivity index is 1.22. The first-order valence-corrected chi connectivity index (χ1v) is 15.8. The SMILES string of the molecule is c1ccc(-c2cc(-c3ccc(-c4ccc5ccccc5c4)cc3)nc(-c3ccc(-c4ccccc4)c4oc5ccccc5c34)n2)cc1. The predicted molar refractivity (Wildman–Crippen MR) is 194 cm³/mol. The molecule has 0 saturated carbocycles. The Hall–Kier alpha value is -6.32. The van der Waals surface area contributed by atoms with E-state index in [1.54, 1.807) is 0 Å². The van der Waals surface area contributed by atoms with Crippen molar-refractivity contribution in [3.63, 3.8) is 0 Å². The normalized spacial score (nSPS) is 11.4. The predicted octanol–water partition coefficient (Wildman–Crippen LogP) is 11.9. The fourth-order valence-electron chi connectivity index (χ4n) is 6.53. The molecule has 7 aromatic carbocycles. The van der Waals surface area contributed by atoms with Gasteiger partial charge in [-0.1, -0.05) is 140 Å². The molecule has 0 unspecified atom stereocenters. The zero-order valence-corrected chi connectivity index (χ0v) is 25.5. The smallest absolute Gasteiger partial charge is 0.161 e. The Kier molecular flexibility index (Phi) is 6.46. The topological polar surface area (TPSA) is 38.9 Å². The average molecular weight is 601 g/mol. The van der Waals surface area contributed by atoms with Crippen molar-refractivity contribution in [3.05, 3.63) is 170 Å². The van der Waals surface area contributed by atoms with E-state index in [1.807, 2.05) is 36.4 Å². The number of fused-ring (bicyclic) bond motifs is 4. The third-order valence-electron chi connectivity index (χ3n) is 8.91. The second kappa shape index (κ2) is 11.2. The Morgan fingerprint density at radius 2 is 0.957 bits per heavy atom. The molecule has 0 fully saturated rings. The molecule has 9 rings (SSSR count). The molecular weight excluding hydrogens is 572 g/mol. The lowest BCUT2D eigenvalue weighted by Crippen LogP contribution is -1.97. The molecule has 0 N–H and O–H groups in total. The van der Waals surface area contributed by atoms with Crippen LogP contribution in [-0.4, -0.2) is 9.97 Å². The summed E-state index contributed by atoms with van der Waals surface area (Å²) in [5, 5.41) is 4.54. The molecule has 3 heteroatoms. The Bertz CT molecular complexity index is 2550. The van der Waals surface area contributed by atoms with Crippen molar-refractivity contribution in [2.45, 2.75) is 0 Å². The standard InChI is InChI=1S/C44H28N2O/c1-3-12-31(13-4-1)36-25-26-38(42-37-17-9-10-18-41(37)47-43(36)42)44-45-39(32-14-5-2-6-15-32)28-40(46-44)33-22-19-30(20-23-33)35-24-21-29-11-7-8-16-34(29)27-35/h1-28H. The Morgan fingerprint density at radius 1 is 0.383 bits per heavy atom. The summed E-state index contributed by atoms with van der Waals surface area (Å²) < 4.78 is 6.56. The number of benzene rings is 7. The maximum Gasteiger partial charge on any atom is 0.161 e. The third kappa shape index (κ3) is 4.86. The molecule has 0 radical (unpaired) electrons. The Morgan fingerprint density at radius 3 is 1.72 bits per heavy atom. The minimum atomic E-state index is 0.663. The maximum atomic E-state index is 6.56. The van der Waals surface area contributed by atoms with E-state index in [4.69, 9.17) is 14.4 Å². The summed E-state index contributed by atoms with van der Waals surface area (Å²) >= 11 is 0. The summed E-state index contributed by atoms with van der Waals surface area (Å²) in [7, 11) is 0. The van der Waals surface area contributed by atoms with Crippen LogP contribution in [0.3, 0.4) is 0 Å². The van der Waals surface area contributed by atoms with Crippen LogP contribution in [0.15, 0.2) is 174 Å². The number of hydrogen-bond donors (Lipinski definition) is 0. The first-order chi connectivity index (χ1) is 23.3. The fourth-order valence-corrected chi connectivity index (χ4v) is 6.53. The summed E-state index contributed by atoms with van der Waals surface area (Å²) in [6.07, 6.45) is 0. The first kappa shape index (κ1) is 27.0. The molecule has 0 atom stereocenters. The van der Waals surface area contributed by atoms with Crippen molar-refractivity contribution in [3.8, 4) is 56.2 Å². The van der Waals surface area contributed by atoms with Gasteiger partial charge in [0.05, 0.1) is 11.4 Å². The van der Waals surface area contributed by atoms with E-state index < -0.39 is 0 Å². The van der Waals surface area contributed by atoms with Crippen LogP contribution in [0.1, 0.15) is 0 Å². The van der Waals surface area contributed by atoms with Gasteiger partial charge in [0.2, 0.25) is 0 Å². The third-order valence-corrected chi connectivity index (χ3v) is 8.91. The minimum Gasteiger partial charge on any atom is -0.455 e. The van der Waals surface area contributed by atoms with Gasteiger partial charge in [-0.05, 0) is 57.8 Å². The van der Waals surface area contributed by atoms with Crippen molar-refractivity contribution >= 4 is 32.7 Å². The minimum absolute atomic E-state index is 0.663. The highest BCUT2D eigenvalue weighted by molar-refractivity contribution is 6.15. The highest BCUT2D eigenvalue weighted by Gasteiger charge is 2.20. The molecule has 0 bridgehead atoms. The van der Waals surface area contributed by atoms with Crippen molar-refractivity contribution in [1.82, 2.24) is 9.97 Å². The van der Waals surface area contributed by atoms with Crippen LogP contribution in [-0.2, 0) is 0 Å². The lowest BCUT2D eigenvalue weighted by Gasteiger charge is -2.12. The molecule has 0 amide bonds. The van der Waals surface area contributed by atoms with Gasteiger partial charge in [0.15, 0.2) is 5.82 Å². The first-order valence-electron chi connectivity index (χ1n) is 15.8. The highest BCUT2D eigenvalue weighted by Crippen LogP contribution is 2.41. The van der Waals surface area contributed by atoms with Crippen LogP contribution >= 0.6 is 0 Å². The van der Waals surface area contributed by atoms with Crippen LogP contribution in [0.5, 0.6) is 0 Å². The molecule has 0 aliphatic heterocycles. The molecule has 0 aliphatic rings. The lowest BCUT2D eigenvalue weighted by atomic mass is 9.97.